The van der Waals surface area contributed by atoms with Gasteiger partial charge in [-0.1, -0.05) is 26.0 Å². The number of fused-ring (bicyclic) bond motifs is 1. The van der Waals surface area contributed by atoms with Crippen LogP contribution in [0.1, 0.15) is 13.8 Å². The molecule has 0 saturated carbocycles. The molecular formula is C17H22N2O4. The minimum atomic E-state index is -0.553. The lowest BCUT2D eigenvalue weighted by Gasteiger charge is -2.37. The maximum absolute atomic E-state index is 12.8. The number of carbonyl (C=O) groups is 2. The van der Waals surface area contributed by atoms with Crippen LogP contribution in [0, 0.1) is 5.92 Å². The Hall–Kier alpha value is -2.08. The van der Waals surface area contributed by atoms with Crippen LogP contribution in [0.25, 0.3) is 0 Å². The zero-order valence-electron chi connectivity index (χ0n) is 13.5. The number of hydrogen-bond acceptors (Lipinski definition) is 4. The van der Waals surface area contributed by atoms with E-state index in [-0.39, 0.29) is 24.3 Å². The highest BCUT2D eigenvalue weighted by Gasteiger charge is 2.37. The molecule has 2 amide bonds. The number of anilines is 1. The molecule has 0 aromatic heterocycles. The van der Waals surface area contributed by atoms with Crippen molar-refractivity contribution in [3.8, 4) is 5.75 Å². The predicted molar refractivity (Wildman–Crippen MR) is 85.4 cm³/mol. The molecule has 0 radical (unpaired) electrons. The molecule has 1 aromatic carbocycles. The highest BCUT2D eigenvalue weighted by Crippen LogP contribution is 2.35. The SMILES string of the molecule is CC(C)[C@H]1Oc2ccccc2N(CC(=O)N2CCOCC2)C1=O. The molecule has 3 rings (SSSR count). The van der Waals surface area contributed by atoms with Gasteiger partial charge in [-0.3, -0.25) is 14.5 Å². The van der Waals surface area contributed by atoms with Gasteiger partial charge in [0.15, 0.2) is 6.10 Å². The number of rotatable bonds is 3. The molecule has 23 heavy (non-hydrogen) atoms. The van der Waals surface area contributed by atoms with Crippen LogP contribution in [0.15, 0.2) is 24.3 Å². The molecule has 0 spiro atoms. The van der Waals surface area contributed by atoms with Crippen molar-refractivity contribution < 1.29 is 19.1 Å². The van der Waals surface area contributed by atoms with E-state index in [1.165, 1.54) is 0 Å². The molecule has 2 aliphatic heterocycles. The van der Waals surface area contributed by atoms with Crippen LogP contribution in [-0.4, -0.2) is 55.7 Å². The van der Waals surface area contributed by atoms with E-state index in [1.807, 2.05) is 38.1 Å². The lowest BCUT2D eigenvalue weighted by Crippen LogP contribution is -2.53. The van der Waals surface area contributed by atoms with Crippen LogP contribution in [0.2, 0.25) is 0 Å². The molecule has 1 atom stereocenters. The molecule has 2 aliphatic rings. The molecule has 0 aliphatic carbocycles. The minimum Gasteiger partial charge on any atom is -0.478 e. The van der Waals surface area contributed by atoms with Crippen LogP contribution < -0.4 is 9.64 Å². The fourth-order valence-electron chi connectivity index (χ4n) is 2.87. The smallest absolute Gasteiger partial charge is 0.268 e. The van der Waals surface area contributed by atoms with Gasteiger partial charge in [-0.2, -0.15) is 0 Å². The van der Waals surface area contributed by atoms with Crippen molar-refractivity contribution in [2.45, 2.75) is 20.0 Å². The summed E-state index contributed by atoms with van der Waals surface area (Å²) in [6, 6.07) is 7.37. The molecule has 124 valence electrons. The Bertz CT molecular complexity index is 596. The van der Waals surface area contributed by atoms with E-state index < -0.39 is 6.10 Å². The van der Waals surface area contributed by atoms with Crippen molar-refractivity contribution in [2.75, 3.05) is 37.7 Å². The Balaban J connectivity index is 1.83. The molecule has 1 aromatic rings. The zero-order valence-corrected chi connectivity index (χ0v) is 13.5. The first-order valence-corrected chi connectivity index (χ1v) is 8.00. The lowest BCUT2D eigenvalue weighted by atomic mass is 10.0. The average molecular weight is 318 g/mol. The number of nitrogens with zero attached hydrogens (tertiary/aromatic N) is 2. The summed E-state index contributed by atoms with van der Waals surface area (Å²) < 4.78 is 11.1. The van der Waals surface area contributed by atoms with E-state index in [0.29, 0.717) is 37.7 Å². The van der Waals surface area contributed by atoms with Gasteiger partial charge < -0.3 is 14.4 Å². The maximum Gasteiger partial charge on any atom is 0.268 e. The number of carbonyl (C=O) groups excluding carboxylic acids is 2. The van der Waals surface area contributed by atoms with Crippen LogP contribution in [-0.2, 0) is 14.3 Å². The molecule has 0 unspecified atom stereocenters. The number of benzene rings is 1. The lowest BCUT2D eigenvalue weighted by molar-refractivity contribution is -0.136. The van der Waals surface area contributed by atoms with Crippen LogP contribution in [0.4, 0.5) is 5.69 Å². The summed E-state index contributed by atoms with van der Waals surface area (Å²) in [7, 11) is 0. The summed E-state index contributed by atoms with van der Waals surface area (Å²) in [6.45, 7) is 6.18. The topological polar surface area (TPSA) is 59.1 Å². The largest absolute Gasteiger partial charge is 0.478 e. The Morgan fingerprint density at radius 3 is 2.65 bits per heavy atom. The molecule has 1 fully saturated rings. The summed E-state index contributed by atoms with van der Waals surface area (Å²) in [5.41, 5.74) is 0.663. The predicted octanol–water partition coefficient (Wildman–Crippen LogP) is 1.30. The summed E-state index contributed by atoms with van der Waals surface area (Å²) in [5, 5.41) is 0. The summed E-state index contributed by atoms with van der Waals surface area (Å²) in [5.74, 6) is 0.485. The third kappa shape index (κ3) is 3.17. The number of hydrogen-bond donors (Lipinski definition) is 0. The summed E-state index contributed by atoms with van der Waals surface area (Å²) >= 11 is 0. The van der Waals surface area contributed by atoms with Crippen molar-refractivity contribution in [1.82, 2.24) is 4.90 Å². The Morgan fingerprint density at radius 1 is 1.26 bits per heavy atom. The van der Waals surface area contributed by atoms with Gasteiger partial charge in [-0.15, -0.1) is 0 Å². The van der Waals surface area contributed by atoms with Gasteiger partial charge in [-0.25, -0.2) is 0 Å². The number of morpholine rings is 1. The standard InChI is InChI=1S/C17H22N2O4/c1-12(2)16-17(21)19(13-5-3-4-6-14(13)23-16)11-15(20)18-7-9-22-10-8-18/h3-6,12,16H,7-11H2,1-2H3/t16-/m1/s1. The quantitative estimate of drug-likeness (QED) is 0.843. The zero-order chi connectivity index (χ0) is 16.4. The molecule has 0 N–H and O–H groups in total. The van der Waals surface area contributed by atoms with Crippen molar-refractivity contribution in [3.05, 3.63) is 24.3 Å². The third-order valence-corrected chi connectivity index (χ3v) is 4.18. The third-order valence-electron chi connectivity index (χ3n) is 4.18. The molecular weight excluding hydrogens is 296 g/mol. The highest BCUT2D eigenvalue weighted by atomic mass is 16.5. The van der Waals surface area contributed by atoms with Crippen LogP contribution in [0.5, 0.6) is 5.75 Å². The molecule has 2 heterocycles. The van der Waals surface area contributed by atoms with Crippen molar-refractivity contribution >= 4 is 17.5 Å². The highest BCUT2D eigenvalue weighted by molar-refractivity contribution is 6.04. The van der Waals surface area contributed by atoms with Gasteiger partial charge in [0.2, 0.25) is 5.91 Å². The Labute approximate surface area is 136 Å². The normalized spacial score (nSPS) is 21.2. The van der Waals surface area contributed by atoms with Crippen molar-refractivity contribution in [3.63, 3.8) is 0 Å². The molecule has 6 heteroatoms. The van der Waals surface area contributed by atoms with E-state index in [9.17, 15) is 9.59 Å². The fraction of sp³-hybridized carbons (Fsp3) is 0.529. The Kier molecular flexibility index (Phi) is 4.52. The van der Waals surface area contributed by atoms with Crippen molar-refractivity contribution in [2.24, 2.45) is 5.92 Å². The van der Waals surface area contributed by atoms with Gasteiger partial charge in [0.05, 0.1) is 18.9 Å². The fourth-order valence-corrected chi connectivity index (χ4v) is 2.87. The first-order chi connectivity index (χ1) is 11.1. The molecule has 0 bridgehead atoms. The van der Waals surface area contributed by atoms with E-state index in [2.05, 4.69) is 0 Å². The minimum absolute atomic E-state index is 0.0387. The van der Waals surface area contributed by atoms with Gasteiger partial charge in [0, 0.05) is 13.1 Å². The average Bonchev–Trinajstić information content (AvgIpc) is 2.57. The summed E-state index contributed by atoms with van der Waals surface area (Å²) in [6.07, 6.45) is -0.553. The van der Waals surface area contributed by atoms with Gasteiger partial charge in [0.25, 0.3) is 5.91 Å². The molecule has 1 saturated heterocycles. The molecule has 6 nitrogen and oxygen atoms in total. The van der Waals surface area contributed by atoms with E-state index in [1.54, 1.807) is 9.80 Å². The van der Waals surface area contributed by atoms with Gasteiger partial charge in [-0.05, 0) is 18.1 Å². The number of ether oxygens (including phenoxy) is 2. The van der Waals surface area contributed by atoms with Gasteiger partial charge in [0.1, 0.15) is 12.3 Å². The monoisotopic (exact) mass is 318 g/mol. The van der Waals surface area contributed by atoms with E-state index in [0.717, 1.165) is 0 Å². The summed E-state index contributed by atoms with van der Waals surface area (Å²) in [4.78, 5) is 28.6. The second-order valence-electron chi connectivity index (χ2n) is 6.17. The van der Waals surface area contributed by atoms with Gasteiger partial charge >= 0.3 is 0 Å². The van der Waals surface area contributed by atoms with Crippen LogP contribution in [0.3, 0.4) is 0 Å². The first kappa shape index (κ1) is 15.8. The second kappa shape index (κ2) is 6.58. The number of amides is 2. The second-order valence-corrected chi connectivity index (χ2v) is 6.17. The van der Waals surface area contributed by atoms with Crippen molar-refractivity contribution in [1.29, 1.82) is 0 Å². The maximum atomic E-state index is 12.8. The Morgan fingerprint density at radius 2 is 1.96 bits per heavy atom. The van der Waals surface area contributed by atoms with E-state index >= 15 is 0 Å². The first-order valence-electron chi connectivity index (χ1n) is 8.00. The van der Waals surface area contributed by atoms with Crippen LogP contribution >= 0.6 is 0 Å². The van der Waals surface area contributed by atoms with E-state index in [4.69, 9.17) is 9.47 Å². The number of para-hydroxylation sites is 2.